The van der Waals surface area contributed by atoms with Crippen LogP contribution in [0.15, 0.2) is 22.5 Å². The number of hydrogen-bond donors (Lipinski definition) is 2. The molecule has 4 atom stereocenters. The predicted octanol–water partition coefficient (Wildman–Crippen LogP) is 2.52. The van der Waals surface area contributed by atoms with Gasteiger partial charge in [-0.25, -0.2) is 9.98 Å². The van der Waals surface area contributed by atoms with Crippen LogP contribution < -0.4 is 10.6 Å². The number of carbonyl (C=O) groups excluding carboxylic acids is 2. The highest BCUT2D eigenvalue weighted by Gasteiger charge is 2.58. The van der Waals surface area contributed by atoms with Crippen LogP contribution in [0.4, 0.5) is 0 Å². The number of aliphatic imine (C=N–C) groups is 1. The van der Waals surface area contributed by atoms with Gasteiger partial charge >= 0.3 is 0 Å². The van der Waals surface area contributed by atoms with Crippen molar-refractivity contribution in [3.63, 3.8) is 0 Å². The number of hydrogen-bond acceptors (Lipinski definition) is 5. The Kier molecular flexibility index (Phi) is 6.22. The summed E-state index contributed by atoms with van der Waals surface area (Å²) in [5.74, 6) is 1.57. The molecule has 1 saturated heterocycles. The second-order valence-corrected chi connectivity index (χ2v) is 9.52. The highest BCUT2D eigenvalue weighted by Crippen LogP contribution is 2.52. The van der Waals surface area contributed by atoms with Crippen LogP contribution in [0.5, 0.6) is 0 Å². The van der Waals surface area contributed by atoms with Crippen molar-refractivity contribution < 1.29 is 9.59 Å². The highest BCUT2D eigenvalue weighted by atomic mass is 32.1. The van der Waals surface area contributed by atoms with E-state index in [-0.39, 0.29) is 35.5 Å². The molecule has 1 aromatic rings. The van der Waals surface area contributed by atoms with E-state index in [1.54, 1.807) is 11.3 Å². The molecule has 0 radical (unpaired) electrons. The molecule has 2 N–H and O–H groups in total. The largest absolute Gasteiger partial charge is 0.357 e. The number of guanidine groups is 1. The van der Waals surface area contributed by atoms with Crippen LogP contribution in [0.2, 0.25) is 0 Å². The maximum atomic E-state index is 12.7. The summed E-state index contributed by atoms with van der Waals surface area (Å²) in [6, 6.07) is 0. The number of likely N-dealkylation sites (tertiary alicyclic amines) is 1. The minimum absolute atomic E-state index is 0.0342. The lowest BCUT2D eigenvalue weighted by Crippen LogP contribution is -2.40. The van der Waals surface area contributed by atoms with Crippen LogP contribution in [0.1, 0.15) is 50.2 Å². The minimum atomic E-state index is -0.104. The average molecular weight is 430 g/mol. The minimum Gasteiger partial charge on any atom is -0.357 e. The molecule has 4 unspecified atom stereocenters. The first-order chi connectivity index (χ1) is 14.5. The van der Waals surface area contributed by atoms with Gasteiger partial charge in [0.25, 0.3) is 0 Å². The van der Waals surface area contributed by atoms with E-state index < -0.39 is 0 Å². The maximum absolute atomic E-state index is 12.7. The average Bonchev–Trinajstić information content (AvgIpc) is 3.49. The molecule has 3 aliphatic rings. The van der Waals surface area contributed by atoms with E-state index in [1.807, 2.05) is 6.92 Å². The van der Waals surface area contributed by atoms with Crippen LogP contribution in [0.25, 0.3) is 0 Å². The Labute approximate surface area is 182 Å². The number of carbonyl (C=O) groups is 2. The van der Waals surface area contributed by atoms with Crippen LogP contribution in [0, 0.1) is 23.7 Å². The van der Waals surface area contributed by atoms with Crippen molar-refractivity contribution in [2.24, 2.45) is 28.7 Å². The second kappa shape index (κ2) is 8.88. The summed E-state index contributed by atoms with van der Waals surface area (Å²) in [5, 5.41) is 9.74. The topological polar surface area (TPSA) is 86.7 Å². The van der Waals surface area contributed by atoms with Gasteiger partial charge in [0.05, 0.1) is 29.1 Å². The van der Waals surface area contributed by atoms with Crippen molar-refractivity contribution in [3.05, 3.63) is 28.2 Å². The first-order valence-electron chi connectivity index (χ1n) is 11.0. The zero-order valence-electron chi connectivity index (χ0n) is 17.9. The van der Waals surface area contributed by atoms with E-state index in [2.05, 4.69) is 52.0 Å². The molecular weight excluding hydrogens is 398 g/mol. The summed E-state index contributed by atoms with van der Waals surface area (Å²) in [6.45, 7) is 8.73. The molecule has 1 aliphatic heterocycles. The Balaban J connectivity index is 1.26. The van der Waals surface area contributed by atoms with Gasteiger partial charge in [-0.15, -0.1) is 11.3 Å². The summed E-state index contributed by atoms with van der Waals surface area (Å²) in [5.41, 5.74) is 0.976. The van der Waals surface area contributed by atoms with Gasteiger partial charge in [-0.3, -0.25) is 14.5 Å². The fourth-order valence-corrected chi connectivity index (χ4v) is 5.62. The van der Waals surface area contributed by atoms with E-state index >= 15 is 0 Å². The van der Waals surface area contributed by atoms with Gasteiger partial charge in [0, 0.05) is 30.9 Å². The van der Waals surface area contributed by atoms with Crippen molar-refractivity contribution >= 4 is 29.1 Å². The molecule has 162 valence electrons. The summed E-state index contributed by atoms with van der Waals surface area (Å²) in [4.78, 5) is 36.2. The molecule has 2 heterocycles. The van der Waals surface area contributed by atoms with Crippen LogP contribution in [-0.4, -0.2) is 47.3 Å². The summed E-state index contributed by atoms with van der Waals surface area (Å²) in [7, 11) is 0. The zero-order chi connectivity index (χ0) is 21.3. The van der Waals surface area contributed by atoms with E-state index in [0.717, 1.165) is 29.6 Å². The molecule has 2 aliphatic carbocycles. The quantitative estimate of drug-likeness (QED) is 0.218. The molecule has 8 heteroatoms. The molecule has 0 spiro atoms. The Morgan fingerprint density at radius 1 is 1.23 bits per heavy atom. The molecule has 0 aromatic carbocycles. The number of nitrogens with one attached hydrogen (secondary N) is 2. The van der Waals surface area contributed by atoms with Gasteiger partial charge in [-0.1, -0.05) is 26.0 Å². The number of nitrogens with zero attached hydrogens (tertiary/aromatic N) is 3. The van der Waals surface area contributed by atoms with Gasteiger partial charge < -0.3 is 10.6 Å². The molecule has 2 amide bonds. The number of thiazole rings is 1. The summed E-state index contributed by atoms with van der Waals surface area (Å²) >= 11 is 1.68. The Bertz CT molecular complexity index is 831. The van der Waals surface area contributed by atoms with Gasteiger partial charge in [-0.05, 0) is 31.6 Å². The monoisotopic (exact) mass is 429 g/mol. The zero-order valence-corrected chi connectivity index (χ0v) is 18.7. The third kappa shape index (κ3) is 4.02. The van der Waals surface area contributed by atoms with Gasteiger partial charge in [0.1, 0.15) is 0 Å². The number of allylic oxidation sites excluding steroid dienone is 2. The van der Waals surface area contributed by atoms with Crippen LogP contribution in [0.3, 0.4) is 0 Å². The molecule has 4 rings (SSSR count). The fraction of sp³-hybridized carbons (Fsp3) is 0.636. The third-order valence-corrected chi connectivity index (χ3v) is 7.41. The van der Waals surface area contributed by atoms with Crippen LogP contribution >= 0.6 is 11.3 Å². The SMILES string of the molecule is CCNC(=NCc1csc(C(C)C)n1)NCCCN1C(=O)C2C3C=CC(C3)C2C1=O. The molecular formula is C22H31N5O2S. The van der Waals surface area contributed by atoms with Gasteiger partial charge in [0.15, 0.2) is 5.96 Å². The van der Waals surface area contributed by atoms with Crippen LogP contribution in [-0.2, 0) is 16.1 Å². The standard InChI is InChI=1S/C22H31N5O2S/c1-4-23-22(25-11-16-12-30-19(26-16)13(2)3)24-8-5-9-27-20(28)17-14-6-7-15(10-14)18(17)21(27)29/h6-7,12-15,17-18H,4-5,8-11H2,1-3H3,(H2,23,24,25). The van der Waals surface area contributed by atoms with E-state index in [9.17, 15) is 9.59 Å². The fourth-order valence-electron chi connectivity index (χ4n) is 4.79. The number of amides is 2. The van der Waals surface area contributed by atoms with Gasteiger partial charge in [0.2, 0.25) is 11.8 Å². The molecule has 2 bridgehead atoms. The normalized spacial score (nSPS) is 27.5. The van der Waals surface area contributed by atoms with E-state index in [1.165, 1.54) is 4.90 Å². The Morgan fingerprint density at radius 2 is 1.93 bits per heavy atom. The van der Waals surface area contributed by atoms with Crippen molar-refractivity contribution in [1.29, 1.82) is 0 Å². The summed E-state index contributed by atoms with van der Waals surface area (Å²) in [6.07, 6.45) is 5.95. The molecule has 30 heavy (non-hydrogen) atoms. The molecule has 1 aromatic heterocycles. The highest BCUT2D eigenvalue weighted by molar-refractivity contribution is 7.09. The predicted molar refractivity (Wildman–Crippen MR) is 118 cm³/mol. The number of fused-ring (bicyclic) bond motifs is 5. The number of rotatable bonds is 8. The first kappa shape index (κ1) is 21.0. The van der Waals surface area contributed by atoms with Crippen molar-refractivity contribution in [3.8, 4) is 0 Å². The van der Waals surface area contributed by atoms with Gasteiger partial charge in [-0.2, -0.15) is 0 Å². The Hall–Kier alpha value is -2.22. The maximum Gasteiger partial charge on any atom is 0.233 e. The van der Waals surface area contributed by atoms with Crippen molar-refractivity contribution in [2.75, 3.05) is 19.6 Å². The molecule has 7 nitrogen and oxygen atoms in total. The first-order valence-corrected chi connectivity index (χ1v) is 11.9. The summed E-state index contributed by atoms with van der Waals surface area (Å²) < 4.78 is 0. The van der Waals surface area contributed by atoms with E-state index in [4.69, 9.17) is 0 Å². The van der Waals surface area contributed by atoms with E-state index in [0.29, 0.717) is 32.0 Å². The number of imide groups is 1. The number of aromatic nitrogens is 1. The van der Waals surface area contributed by atoms with Crippen molar-refractivity contribution in [2.45, 2.75) is 46.1 Å². The second-order valence-electron chi connectivity index (χ2n) is 8.64. The lowest BCUT2D eigenvalue weighted by atomic mass is 9.85. The lowest BCUT2D eigenvalue weighted by molar-refractivity contribution is -0.140. The smallest absolute Gasteiger partial charge is 0.233 e. The van der Waals surface area contributed by atoms with Crippen molar-refractivity contribution in [1.82, 2.24) is 20.5 Å². The molecule has 2 fully saturated rings. The molecule has 1 saturated carbocycles. The Morgan fingerprint density at radius 3 is 2.53 bits per heavy atom. The third-order valence-electron chi connectivity index (χ3n) is 6.22. The lowest BCUT2D eigenvalue weighted by Gasteiger charge is -2.18.